The number of amides is 1. The molecule has 0 aliphatic heterocycles. The molecular weight excluding hydrogens is 258 g/mol. The summed E-state index contributed by atoms with van der Waals surface area (Å²) in [5, 5.41) is 11.6. The Bertz CT molecular complexity index is 449. The van der Waals surface area contributed by atoms with E-state index in [1.165, 1.54) is 31.7 Å². The number of aromatic carboxylic acids is 1. The Kier molecular flexibility index (Phi) is 7.24. The molecule has 0 radical (unpaired) electrons. The topological polar surface area (TPSA) is 92.2 Å². The van der Waals surface area contributed by atoms with Gasteiger partial charge in [0, 0.05) is 18.9 Å². The predicted molar refractivity (Wildman–Crippen MR) is 74.7 cm³/mol. The number of aromatic nitrogens is 2. The first-order valence-electron chi connectivity index (χ1n) is 6.99. The first-order valence-corrected chi connectivity index (χ1v) is 6.99. The predicted octanol–water partition coefficient (Wildman–Crippen LogP) is 2.27. The summed E-state index contributed by atoms with van der Waals surface area (Å²) in [4.78, 5) is 30.2. The summed E-state index contributed by atoms with van der Waals surface area (Å²) in [5.41, 5.74) is -0.445. The van der Waals surface area contributed by atoms with Gasteiger partial charge in [0.2, 0.25) is 0 Å². The van der Waals surface area contributed by atoms with E-state index in [1.54, 1.807) is 0 Å². The van der Waals surface area contributed by atoms with E-state index in [2.05, 4.69) is 22.2 Å². The fourth-order valence-corrected chi connectivity index (χ4v) is 1.85. The molecule has 6 nitrogen and oxygen atoms in total. The number of rotatable bonds is 9. The summed E-state index contributed by atoms with van der Waals surface area (Å²) < 4.78 is 0. The van der Waals surface area contributed by atoms with Crippen LogP contribution in [-0.4, -0.2) is 33.5 Å². The third kappa shape index (κ3) is 5.34. The smallest absolute Gasteiger partial charge is 0.356 e. The summed E-state index contributed by atoms with van der Waals surface area (Å²) in [6.45, 7) is 2.70. The third-order valence-corrected chi connectivity index (χ3v) is 2.93. The van der Waals surface area contributed by atoms with Crippen molar-refractivity contribution in [3.63, 3.8) is 0 Å². The quantitative estimate of drug-likeness (QED) is 0.676. The van der Waals surface area contributed by atoms with E-state index in [-0.39, 0.29) is 11.4 Å². The molecule has 0 atom stereocenters. The second-order valence-electron chi connectivity index (χ2n) is 4.58. The zero-order valence-corrected chi connectivity index (χ0v) is 11.8. The van der Waals surface area contributed by atoms with Crippen molar-refractivity contribution >= 4 is 11.9 Å². The molecule has 0 aliphatic rings. The molecule has 0 spiro atoms. The van der Waals surface area contributed by atoms with Crippen LogP contribution < -0.4 is 5.32 Å². The Morgan fingerprint density at radius 2 is 1.65 bits per heavy atom. The number of hydrogen-bond donors (Lipinski definition) is 2. The molecule has 0 bridgehead atoms. The highest BCUT2D eigenvalue weighted by Gasteiger charge is 2.18. The Morgan fingerprint density at radius 3 is 2.30 bits per heavy atom. The average Bonchev–Trinajstić information content (AvgIpc) is 2.46. The number of carboxylic acid groups (broad SMARTS) is 1. The SMILES string of the molecule is CCCCCCCCNC(=O)c1nccnc1C(=O)O. The van der Waals surface area contributed by atoms with Crippen molar-refractivity contribution in [2.75, 3.05) is 6.54 Å². The van der Waals surface area contributed by atoms with Gasteiger partial charge in [0.05, 0.1) is 0 Å². The normalized spacial score (nSPS) is 10.2. The molecule has 0 saturated carbocycles. The van der Waals surface area contributed by atoms with Gasteiger partial charge < -0.3 is 10.4 Å². The summed E-state index contributed by atoms with van der Waals surface area (Å²) >= 11 is 0. The molecule has 110 valence electrons. The Hall–Kier alpha value is -1.98. The van der Waals surface area contributed by atoms with Crippen LogP contribution in [0.1, 0.15) is 66.4 Å². The fraction of sp³-hybridized carbons (Fsp3) is 0.571. The van der Waals surface area contributed by atoms with E-state index in [1.807, 2.05) is 0 Å². The van der Waals surface area contributed by atoms with E-state index in [0.717, 1.165) is 19.3 Å². The minimum absolute atomic E-state index is 0.133. The monoisotopic (exact) mass is 279 g/mol. The average molecular weight is 279 g/mol. The van der Waals surface area contributed by atoms with Crippen molar-refractivity contribution in [2.45, 2.75) is 45.4 Å². The van der Waals surface area contributed by atoms with Crippen LogP contribution in [0.2, 0.25) is 0 Å². The number of hydrogen-bond acceptors (Lipinski definition) is 4. The van der Waals surface area contributed by atoms with Gasteiger partial charge in [-0.2, -0.15) is 0 Å². The molecule has 0 aliphatic carbocycles. The van der Waals surface area contributed by atoms with Crippen LogP contribution in [0.5, 0.6) is 0 Å². The number of carboxylic acids is 1. The van der Waals surface area contributed by atoms with Crippen molar-refractivity contribution < 1.29 is 14.7 Å². The molecule has 1 aromatic rings. The number of nitrogens with zero attached hydrogens (tertiary/aromatic N) is 2. The van der Waals surface area contributed by atoms with Gasteiger partial charge in [-0.3, -0.25) is 4.79 Å². The number of carbonyl (C=O) groups excluding carboxylic acids is 1. The molecule has 1 heterocycles. The molecule has 2 N–H and O–H groups in total. The standard InChI is InChI=1S/C14H21N3O3/c1-2-3-4-5-6-7-8-17-13(18)11-12(14(19)20)16-10-9-15-11/h9-10H,2-8H2,1H3,(H,17,18)(H,19,20). The highest BCUT2D eigenvalue weighted by molar-refractivity contribution is 6.01. The van der Waals surface area contributed by atoms with Crippen molar-refractivity contribution in [1.29, 1.82) is 0 Å². The molecule has 1 amide bonds. The summed E-state index contributed by atoms with van der Waals surface area (Å²) in [5.74, 6) is -1.73. The maximum Gasteiger partial charge on any atom is 0.356 e. The molecule has 0 unspecified atom stereocenters. The zero-order valence-electron chi connectivity index (χ0n) is 11.8. The number of unbranched alkanes of at least 4 members (excludes halogenated alkanes) is 5. The Labute approximate surface area is 118 Å². The Balaban J connectivity index is 2.35. The maximum absolute atomic E-state index is 11.8. The van der Waals surface area contributed by atoms with Crippen LogP contribution in [0, 0.1) is 0 Å². The van der Waals surface area contributed by atoms with Gasteiger partial charge >= 0.3 is 5.97 Å². The van der Waals surface area contributed by atoms with Gasteiger partial charge in [-0.25, -0.2) is 14.8 Å². The molecule has 0 aromatic carbocycles. The van der Waals surface area contributed by atoms with Crippen LogP contribution in [0.25, 0.3) is 0 Å². The number of carbonyl (C=O) groups is 2. The lowest BCUT2D eigenvalue weighted by Crippen LogP contribution is -2.28. The van der Waals surface area contributed by atoms with Gasteiger partial charge in [0.1, 0.15) is 0 Å². The van der Waals surface area contributed by atoms with Crippen LogP contribution >= 0.6 is 0 Å². The van der Waals surface area contributed by atoms with E-state index < -0.39 is 11.9 Å². The van der Waals surface area contributed by atoms with Crippen LogP contribution in [0.15, 0.2) is 12.4 Å². The highest BCUT2D eigenvalue weighted by Crippen LogP contribution is 2.05. The van der Waals surface area contributed by atoms with Gasteiger partial charge in [0.15, 0.2) is 11.4 Å². The lowest BCUT2D eigenvalue weighted by atomic mass is 10.1. The fourth-order valence-electron chi connectivity index (χ4n) is 1.85. The second-order valence-corrected chi connectivity index (χ2v) is 4.58. The van der Waals surface area contributed by atoms with Crippen LogP contribution in [-0.2, 0) is 0 Å². The number of nitrogens with one attached hydrogen (secondary N) is 1. The lowest BCUT2D eigenvalue weighted by molar-refractivity contribution is 0.0683. The van der Waals surface area contributed by atoms with Crippen LogP contribution in [0.4, 0.5) is 0 Å². The van der Waals surface area contributed by atoms with Gasteiger partial charge in [-0.15, -0.1) is 0 Å². The maximum atomic E-state index is 11.8. The third-order valence-electron chi connectivity index (χ3n) is 2.93. The Morgan fingerprint density at radius 1 is 1.05 bits per heavy atom. The second kappa shape index (κ2) is 9.01. The highest BCUT2D eigenvalue weighted by atomic mass is 16.4. The van der Waals surface area contributed by atoms with E-state index in [4.69, 9.17) is 5.11 Å². The first kappa shape index (κ1) is 16.1. The van der Waals surface area contributed by atoms with Crippen molar-refractivity contribution in [2.24, 2.45) is 0 Å². The molecule has 0 fully saturated rings. The van der Waals surface area contributed by atoms with Crippen molar-refractivity contribution in [1.82, 2.24) is 15.3 Å². The van der Waals surface area contributed by atoms with Gasteiger partial charge in [-0.05, 0) is 6.42 Å². The van der Waals surface area contributed by atoms with E-state index >= 15 is 0 Å². The van der Waals surface area contributed by atoms with Gasteiger partial charge in [-0.1, -0.05) is 39.0 Å². The van der Waals surface area contributed by atoms with Crippen molar-refractivity contribution in [3.05, 3.63) is 23.8 Å². The lowest BCUT2D eigenvalue weighted by Gasteiger charge is -2.06. The van der Waals surface area contributed by atoms with Gasteiger partial charge in [0.25, 0.3) is 5.91 Å². The first-order chi connectivity index (χ1) is 9.66. The molecule has 20 heavy (non-hydrogen) atoms. The molecule has 1 aromatic heterocycles. The minimum Gasteiger partial charge on any atom is -0.476 e. The largest absolute Gasteiger partial charge is 0.476 e. The molecule has 0 saturated heterocycles. The van der Waals surface area contributed by atoms with Crippen molar-refractivity contribution in [3.8, 4) is 0 Å². The summed E-state index contributed by atoms with van der Waals surface area (Å²) in [6, 6.07) is 0. The van der Waals surface area contributed by atoms with Crippen LogP contribution in [0.3, 0.4) is 0 Å². The summed E-state index contributed by atoms with van der Waals surface area (Å²) in [7, 11) is 0. The molecular formula is C14H21N3O3. The zero-order chi connectivity index (χ0) is 14.8. The minimum atomic E-state index is -1.25. The molecule has 1 rings (SSSR count). The summed E-state index contributed by atoms with van der Waals surface area (Å²) in [6.07, 6.45) is 9.35. The van der Waals surface area contributed by atoms with E-state index in [0.29, 0.717) is 6.54 Å². The molecule has 6 heteroatoms. The van der Waals surface area contributed by atoms with E-state index in [9.17, 15) is 9.59 Å².